The van der Waals surface area contributed by atoms with Crippen LogP contribution in [0.4, 0.5) is 5.69 Å². The molecule has 2 heterocycles. The van der Waals surface area contributed by atoms with E-state index >= 15 is 0 Å². The molecule has 0 radical (unpaired) electrons. The molecule has 0 N–H and O–H groups in total. The fourth-order valence-corrected chi connectivity index (χ4v) is 4.82. The van der Waals surface area contributed by atoms with Crippen LogP contribution in [0.25, 0.3) is 11.8 Å². The predicted molar refractivity (Wildman–Crippen MR) is 138 cm³/mol. The van der Waals surface area contributed by atoms with Crippen LogP contribution >= 0.6 is 23.2 Å². The van der Waals surface area contributed by atoms with Crippen LogP contribution in [0.1, 0.15) is 23.9 Å². The highest BCUT2D eigenvalue weighted by atomic mass is 35.5. The fourth-order valence-electron chi connectivity index (χ4n) is 4.39. The van der Waals surface area contributed by atoms with Gasteiger partial charge in [-0.05, 0) is 74.9 Å². The van der Waals surface area contributed by atoms with E-state index in [2.05, 4.69) is 0 Å². The van der Waals surface area contributed by atoms with Crippen molar-refractivity contribution in [2.75, 3.05) is 19.1 Å². The number of allylic oxidation sites excluding steroid dienone is 1. The minimum atomic E-state index is -0.590. The number of anilines is 1. The first kappa shape index (κ1) is 24.6. The van der Waals surface area contributed by atoms with Crippen molar-refractivity contribution >= 4 is 46.8 Å². The molecule has 1 aliphatic rings. The molecule has 8 heteroatoms. The van der Waals surface area contributed by atoms with Gasteiger partial charge in [-0.1, -0.05) is 29.3 Å². The monoisotopic (exact) mass is 510 g/mol. The number of esters is 1. The van der Waals surface area contributed by atoms with Gasteiger partial charge in [0.15, 0.2) is 0 Å². The molecule has 2 aromatic carbocycles. The van der Waals surface area contributed by atoms with E-state index in [0.717, 1.165) is 22.6 Å². The van der Waals surface area contributed by atoms with Gasteiger partial charge in [0, 0.05) is 27.8 Å². The van der Waals surface area contributed by atoms with Crippen molar-refractivity contribution in [3.8, 4) is 11.4 Å². The predicted octanol–water partition coefficient (Wildman–Crippen LogP) is 6.29. The quantitative estimate of drug-likeness (QED) is 0.299. The number of nitrogens with zero attached hydrogens (tertiary/aromatic N) is 2. The number of carbonyl (C=O) groups is 2. The molecular weight excluding hydrogens is 487 g/mol. The number of ether oxygens (including phenoxy) is 2. The van der Waals surface area contributed by atoms with Crippen LogP contribution < -0.4 is 9.64 Å². The molecule has 1 aliphatic heterocycles. The maximum absolute atomic E-state index is 13.6. The molecule has 1 aromatic heterocycles. The molecule has 0 spiro atoms. The van der Waals surface area contributed by atoms with Gasteiger partial charge < -0.3 is 14.0 Å². The maximum atomic E-state index is 13.6. The van der Waals surface area contributed by atoms with Crippen LogP contribution in [-0.4, -0.2) is 30.7 Å². The van der Waals surface area contributed by atoms with Gasteiger partial charge in [-0.15, -0.1) is 0 Å². The van der Waals surface area contributed by atoms with Gasteiger partial charge in [0.25, 0.3) is 5.91 Å². The largest absolute Gasteiger partial charge is 0.495 e. The summed E-state index contributed by atoms with van der Waals surface area (Å²) in [5, 5.41) is 0.980. The number of hydrogen-bond donors (Lipinski definition) is 0. The van der Waals surface area contributed by atoms with Gasteiger partial charge in [-0.3, -0.25) is 9.69 Å². The Hall–Kier alpha value is -3.48. The highest BCUT2D eigenvalue weighted by molar-refractivity contribution is 6.32. The Morgan fingerprint density at radius 1 is 0.971 bits per heavy atom. The van der Waals surface area contributed by atoms with E-state index in [9.17, 15) is 9.59 Å². The SMILES string of the molecule is COC(=O)C1=C(C)N(c2ccc(OC)c(Cl)c2)C(=O)/C1=C\c1cc(C)n(-c2cccc(Cl)c2)c1C. The zero-order valence-corrected chi connectivity index (χ0v) is 21.5. The Bertz CT molecular complexity index is 1420. The molecule has 0 fully saturated rings. The van der Waals surface area contributed by atoms with Gasteiger partial charge in [0.1, 0.15) is 5.75 Å². The summed E-state index contributed by atoms with van der Waals surface area (Å²) in [6.45, 7) is 5.63. The van der Waals surface area contributed by atoms with E-state index in [1.54, 1.807) is 31.2 Å². The highest BCUT2D eigenvalue weighted by Crippen LogP contribution is 2.38. The molecule has 6 nitrogen and oxygen atoms in total. The van der Waals surface area contributed by atoms with Gasteiger partial charge >= 0.3 is 5.97 Å². The van der Waals surface area contributed by atoms with Crippen molar-refractivity contribution in [3.05, 3.63) is 92.4 Å². The van der Waals surface area contributed by atoms with Gasteiger partial charge in [-0.2, -0.15) is 0 Å². The van der Waals surface area contributed by atoms with Crippen LogP contribution in [0.5, 0.6) is 5.75 Å². The Balaban J connectivity index is 1.84. The van der Waals surface area contributed by atoms with Gasteiger partial charge in [0.2, 0.25) is 0 Å². The smallest absolute Gasteiger partial charge is 0.340 e. The second kappa shape index (κ2) is 9.64. The number of methoxy groups -OCH3 is 2. The lowest BCUT2D eigenvalue weighted by Crippen LogP contribution is -2.24. The third-order valence-corrected chi connectivity index (χ3v) is 6.55. The first-order chi connectivity index (χ1) is 16.7. The molecule has 0 unspecified atom stereocenters. The van der Waals surface area contributed by atoms with Crippen LogP contribution in [0, 0.1) is 13.8 Å². The molecule has 0 atom stereocenters. The molecule has 0 aliphatic carbocycles. The first-order valence-corrected chi connectivity index (χ1v) is 11.6. The zero-order chi connectivity index (χ0) is 25.4. The Morgan fingerprint density at radius 2 is 1.71 bits per heavy atom. The zero-order valence-electron chi connectivity index (χ0n) is 20.0. The van der Waals surface area contributed by atoms with E-state index in [0.29, 0.717) is 27.2 Å². The molecule has 0 saturated carbocycles. The Kier molecular flexibility index (Phi) is 6.79. The molecule has 4 rings (SSSR count). The van der Waals surface area contributed by atoms with Gasteiger partial charge in [0.05, 0.1) is 36.1 Å². The average molecular weight is 511 g/mol. The van der Waals surface area contributed by atoms with Gasteiger partial charge in [-0.25, -0.2) is 4.79 Å². The lowest BCUT2D eigenvalue weighted by molar-refractivity contribution is -0.136. The standard InChI is InChI=1S/C27H24Cl2N2O4/c1-15-11-18(16(2)30(15)20-8-6-7-19(28)13-20)12-22-25(27(33)35-5)17(3)31(26(22)32)21-9-10-24(34-4)23(29)14-21/h6-14H,1-5H3/b22-12-. The summed E-state index contributed by atoms with van der Waals surface area (Å²) in [6.07, 6.45) is 1.73. The summed E-state index contributed by atoms with van der Waals surface area (Å²) < 4.78 is 12.3. The van der Waals surface area contributed by atoms with E-state index in [-0.39, 0.29) is 17.1 Å². The van der Waals surface area contributed by atoms with Crippen LogP contribution in [0.2, 0.25) is 10.0 Å². The molecule has 1 amide bonds. The van der Waals surface area contributed by atoms with E-state index in [1.807, 2.05) is 48.7 Å². The maximum Gasteiger partial charge on any atom is 0.340 e. The number of rotatable bonds is 5. The summed E-state index contributed by atoms with van der Waals surface area (Å²) in [5.41, 5.74) is 4.99. The molecule has 0 bridgehead atoms. The molecular formula is C27H24Cl2N2O4. The summed E-state index contributed by atoms with van der Waals surface area (Å²) >= 11 is 12.5. The van der Waals surface area contributed by atoms with Crippen LogP contribution in [-0.2, 0) is 14.3 Å². The normalized spacial score (nSPS) is 14.8. The second-order valence-electron chi connectivity index (χ2n) is 8.11. The number of carbonyl (C=O) groups excluding carboxylic acids is 2. The lowest BCUT2D eigenvalue weighted by atomic mass is 10.0. The minimum Gasteiger partial charge on any atom is -0.495 e. The van der Waals surface area contributed by atoms with Crippen molar-refractivity contribution in [2.24, 2.45) is 0 Å². The van der Waals surface area contributed by atoms with Crippen molar-refractivity contribution in [1.82, 2.24) is 4.57 Å². The first-order valence-electron chi connectivity index (χ1n) is 10.8. The topological polar surface area (TPSA) is 60.8 Å². The number of aryl methyl sites for hydroxylation is 1. The van der Waals surface area contributed by atoms with E-state index in [4.69, 9.17) is 32.7 Å². The average Bonchev–Trinajstić information content (AvgIpc) is 3.24. The number of amides is 1. The number of benzene rings is 2. The third-order valence-electron chi connectivity index (χ3n) is 6.02. The number of hydrogen-bond acceptors (Lipinski definition) is 4. The van der Waals surface area contributed by atoms with Crippen molar-refractivity contribution < 1.29 is 19.1 Å². The summed E-state index contributed by atoms with van der Waals surface area (Å²) in [5.74, 6) is -0.453. The molecule has 3 aromatic rings. The minimum absolute atomic E-state index is 0.206. The second-order valence-corrected chi connectivity index (χ2v) is 8.95. The number of halogens is 2. The van der Waals surface area contributed by atoms with Crippen LogP contribution in [0.3, 0.4) is 0 Å². The molecule has 0 saturated heterocycles. The Labute approximate surface area is 214 Å². The fraction of sp³-hybridized carbons (Fsp3) is 0.185. The third kappa shape index (κ3) is 4.35. The van der Waals surface area contributed by atoms with Crippen molar-refractivity contribution in [2.45, 2.75) is 20.8 Å². The number of aromatic nitrogens is 1. The molecule has 35 heavy (non-hydrogen) atoms. The van der Waals surface area contributed by atoms with Crippen molar-refractivity contribution in [3.63, 3.8) is 0 Å². The van der Waals surface area contributed by atoms with Crippen LogP contribution in [0.15, 0.2) is 65.4 Å². The molecule has 180 valence electrons. The summed E-state index contributed by atoms with van der Waals surface area (Å²) in [6, 6.07) is 14.5. The summed E-state index contributed by atoms with van der Waals surface area (Å²) in [4.78, 5) is 27.9. The van der Waals surface area contributed by atoms with Crippen molar-refractivity contribution in [1.29, 1.82) is 0 Å². The Morgan fingerprint density at radius 3 is 2.34 bits per heavy atom. The van der Waals surface area contributed by atoms with E-state index in [1.165, 1.54) is 19.1 Å². The highest BCUT2D eigenvalue weighted by Gasteiger charge is 2.38. The lowest BCUT2D eigenvalue weighted by Gasteiger charge is -2.19. The summed E-state index contributed by atoms with van der Waals surface area (Å²) in [7, 11) is 2.81. The van der Waals surface area contributed by atoms with E-state index < -0.39 is 5.97 Å².